The van der Waals surface area contributed by atoms with Gasteiger partial charge in [-0.1, -0.05) is 67.6 Å². The first kappa shape index (κ1) is 31.7. The van der Waals surface area contributed by atoms with E-state index >= 15 is 0 Å². The van der Waals surface area contributed by atoms with E-state index in [1.165, 1.54) is 6.07 Å². The number of carbonyl (C=O) groups excluding carboxylic acids is 2. The Labute approximate surface area is 241 Å². The summed E-state index contributed by atoms with van der Waals surface area (Å²) in [5.74, 6) is -2.86. The van der Waals surface area contributed by atoms with Crippen LogP contribution in [0.1, 0.15) is 44.2 Å². The first-order chi connectivity index (χ1) is 19.5. The average Bonchev–Trinajstić information content (AvgIpc) is 2.94. The van der Waals surface area contributed by atoms with E-state index in [-0.39, 0.29) is 49.5 Å². The van der Waals surface area contributed by atoms with Gasteiger partial charge in [0.2, 0.25) is 21.8 Å². The van der Waals surface area contributed by atoms with E-state index in [1.807, 2.05) is 74.5 Å². The average molecular weight is 586 g/mol. The highest BCUT2D eigenvalue weighted by Gasteiger charge is 2.31. The number of halogens is 2. The quantitative estimate of drug-likeness (QED) is 0.286. The Bertz CT molecular complexity index is 1410. The van der Waals surface area contributed by atoms with Crippen molar-refractivity contribution in [3.63, 3.8) is 0 Å². The van der Waals surface area contributed by atoms with Crippen LogP contribution in [-0.4, -0.2) is 50.0 Å². The Hall–Kier alpha value is -3.79. The number of nitrogens with zero attached hydrogens (tertiary/aromatic N) is 2. The summed E-state index contributed by atoms with van der Waals surface area (Å²) in [7, 11) is -3.85. The predicted molar refractivity (Wildman–Crippen MR) is 157 cm³/mol. The molecule has 10 heteroatoms. The molecule has 7 nitrogen and oxygen atoms in total. The monoisotopic (exact) mass is 585 g/mol. The number of hydrogen-bond donors (Lipinski definition) is 1. The molecule has 0 aliphatic rings. The highest BCUT2D eigenvalue weighted by molar-refractivity contribution is 7.92. The van der Waals surface area contributed by atoms with Crippen LogP contribution in [0.2, 0.25) is 0 Å². The zero-order valence-electron chi connectivity index (χ0n) is 23.6. The number of amides is 2. The number of nitrogens with one attached hydrogen (secondary N) is 1. The summed E-state index contributed by atoms with van der Waals surface area (Å²) in [6, 6.07) is 20.7. The van der Waals surface area contributed by atoms with E-state index in [0.717, 1.165) is 40.2 Å². The number of anilines is 1. The van der Waals surface area contributed by atoms with Crippen molar-refractivity contribution in [3.8, 4) is 0 Å². The van der Waals surface area contributed by atoms with Crippen molar-refractivity contribution in [1.29, 1.82) is 0 Å². The molecule has 0 unspecified atom stereocenters. The molecule has 0 spiro atoms. The van der Waals surface area contributed by atoms with E-state index in [1.54, 1.807) is 4.90 Å². The van der Waals surface area contributed by atoms with Crippen LogP contribution in [0, 0.1) is 11.6 Å². The molecular weight excluding hydrogens is 548 g/mol. The van der Waals surface area contributed by atoms with Crippen LogP contribution >= 0.6 is 0 Å². The maximum atomic E-state index is 13.9. The van der Waals surface area contributed by atoms with Crippen molar-refractivity contribution in [2.75, 3.05) is 17.1 Å². The highest BCUT2D eigenvalue weighted by atomic mass is 32.2. The van der Waals surface area contributed by atoms with Crippen molar-refractivity contribution in [1.82, 2.24) is 10.2 Å². The maximum absolute atomic E-state index is 13.9. The lowest BCUT2D eigenvalue weighted by Gasteiger charge is -2.32. The van der Waals surface area contributed by atoms with Gasteiger partial charge in [-0.3, -0.25) is 13.9 Å². The number of sulfonamides is 1. The second-order valence-corrected chi connectivity index (χ2v) is 12.0. The lowest BCUT2D eigenvalue weighted by molar-refractivity contribution is -0.141. The molecule has 0 saturated heterocycles. The summed E-state index contributed by atoms with van der Waals surface area (Å²) in [4.78, 5) is 28.9. The van der Waals surface area contributed by atoms with Gasteiger partial charge in [0, 0.05) is 38.0 Å². The van der Waals surface area contributed by atoms with Crippen LogP contribution in [0.5, 0.6) is 0 Å². The molecule has 3 rings (SSSR count). The fourth-order valence-corrected chi connectivity index (χ4v) is 5.38. The molecule has 1 N–H and O–H groups in total. The molecule has 41 heavy (non-hydrogen) atoms. The van der Waals surface area contributed by atoms with Gasteiger partial charge in [-0.05, 0) is 43.0 Å². The van der Waals surface area contributed by atoms with Crippen LogP contribution in [0.25, 0.3) is 0 Å². The third-order valence-corrected chi connectivity index (χ3v) is 8.01. The van der Waals surface area contributed by atoms with Crippen molar-refractivity contribution >= 4 is 27.5 Å². The molecule has 0 aliphatic heterocycles. The van der Waals surface area contributed by atoms with Gasteiger partial charge in [-0.15, -0.1) is 0 Å². The molecule has 0 radical (unpaired) electrons. The number of hydrogen-bond acceptors (Lipinski definition) is 4. The van der Waals surface area contributed by atoms with Crippen molar-refractivity contribution < 1.29 is 26.8 Å². The Morgan fingerprint density at radius 2 is 1.51 bits per heavy atom. The van der Waals surface area contributed by atoms with Gasteiger partial charge in [0.1, 0.15) is 6.04 Å². The number of benzene rings is 3. The fraction of sp³-hybridized carbons (Fsp3) is 0.355. The summed E-state index contributed by atoms with van der Waals surface area (Å²) in [5, 5.41) is 3.01. The lowest BCUT2D eigenvalue weighted by atomic mass is 10.0. The van der Waals surface area contributed by atoms with Gasteiger partial charge in [0.25, 0.3) is 0 Å². The van der Waals surface area contributed by atoms with Crippen molar-refractivity contribution in [2.24, 2.45) is 0 Å². The van der Waals surface area contributed by atoms with Gasteiger partial charge in [-0.2, -0.15) is 0 Å². The molecule has 2 atom stereocenters. The SMILES string of the molecule is CC[C@H](C)NC(=O)[C@H](Cc1ccccc1)N(Cc1ccccc1)C(=O)CCCN(c1ccc(F)c(F)c1)S(C)(=O)=O. The lowest BCUT2D eigenvalue weighted by Crippen LogP contribution is -2.52. The normalized spacial score (nSPS) is 12.8. The van der Waals surface area contributed by atoms with E-state index < -0.39 is 27.7 Å². The van der Waals surface area contributed by atoms with E-state index in [4.69, 9.17) is 0 Å². The highest BCUT2D eigenvalue weighted by Crippen LogP contribution is 2.22. The second kappa shape index (κ2) is 14.7. The molecule has 3 aromatic rings. The second-order valence-electron chi connectivity index (χ2n) is 10.1. The Morgan fingerprint density at radius 3 is 2.07 bits per heavy atom. The van der Waals surface area contributed by atoms with Crippen molar-refractivity contribution in [3.05, 3.63) is 102 Å². The fourth-order valence-electron chi connectivity index (χ4n) is 4.42. The summed E-state index contributed by atoms with van der Waals surface area (Å²) in [5.41, 5.74) is 1.70. The molecule has 0 bridgehead atoms. The zero-order valence-corrected chi connectivity index (χ0v) is 24.4. The zero-order chi connectivity index (χ0) is 30.0. The molecule has 0 aliphatic carbocycles. The molecule has 0 heterocycles. The molecule has 220 valence electrons. The minimum Gasteiger partial charge on any atom is -0.352 e. The standard InChI is InChI=1S/C31H37F2N3O4S/c1-4-23(2)34-31(38)29(20-24-12-7-5-8-13-24)35(22-25-14-9-6-10-15-25)30(37)16-11-19-36(41(3,39)40)26-17-18-27(32)28(33)21-26/h5-10,12-15,17-18,21,23,29H,4,11,16,19-20,22H2,1-3H3,(H,34,38)/t23-,29-/m0/s1. The molecule has 0 aromatic heterocycles. The van der Waals surface area contributed by atoms with Crippen LogP contribution < -0.4 is 9.62 Å². The Balaban J connectivity index is 1.87. The smallest absolute Gasteiger partial charge is 0.243 e. The third kappa shape index (κ3) is 9.38. The number of rotatable bonds is 14. The summed E-state index contributed by atoms with van der Waals surface area (Å²) in [6.45, 7) is 3.92. The van der Waals surface area contributed by atoms with Crippen molar-refractivity contribution in [2.45, 2.75) is 58.2 Å². The Kier molecular flexibility index (Phi) is 11.4. The molecule has 3 aromatic carbocycles. The molecule has 0 fully saturated rings. The third-order valence-electron chi connectivity index (χ3n) is 6.81. The number of carbonyl (C=O) groups is 2. The molecular formula is C31H37F2N3O4S. The van der Waals surface area contributed by atoms with E-state index in [0.29, 0.717) is 6.42 Å². The van der Waals surface area contributed by atoms with Gasteiger partial charge < -0.3 is 10.2 Å². The first-order valence-electron chi connectivity index (χ1n) is 13.6. The Morgan fingerprint density at radius 1 is 0.902 bits per heavy atom. The minimum absolute atomic E-state index is 0.0325. The predicted octanol–water partition coefficient (Wildman–Crippen LogP) is 5.07. The van der Waals surface area contributed by atoms with E-state index in [2.05, 4.69) is 5.32 Å². The van der Waals surface area contributed by atoms with Gasteiger partial charge >= 0.3 is 0 Å². The maximum Gasteiger partial charge on any atom is 0.243 e. The summed E-state index contributed by atoms with van der Waals surface area (Å²) >= 11 is 0. The van der Waals surface area contributed by atoms with Crippen LogP contribution in [0.15, 0.2) is 78.9 Å². The van der Waals surface area contributed by atoms with Gasteiger partial charge in [0.15, 0.2) is 11.6 Å². The van der Waals surface area contributed by atoms with E-state index in [9.17, 15) is 26.8 Å². The van der Waals surface area contributed by atoms with Crippen LogP contribution in [0.4, 0.5) is 14.5 Å². The van der Waals surface area contributed by atoms with Gasteiger partial charge in [-0.25, -0.2) is 17.2 Å². The first-order valence-corrected chi connectivity index (χ1v) is 15.4. The van der Waals surface area contributed by atoms with Crippen LogP contribution in [0.3, 0.4) is 0 Å². The van der Waals surface area contributed by atoms with Crippen LogP contribution in [-0.2, 0) is 32.6 Å². The minimum atomic E-state index is -3.85. The molecule has 0 saturated carbocycles. The summed E-state index contributed by atoms with van der Waals surface area (Å²) < 4.78 is 53.2. The molecule has 2 amide bonds. The topological polar surface area (TPSA) is 86.8 Å². The largest absolute Gasteiger partial charge is 0.352 e. The van der Waals surface area contributed by atoms with Gasteiger partial charge in [0.05, 0.1) is 11.9 Å². The summed E-state index contributed by atoms with van der Waals surface area (Å²) in [6.07, 6.45) is 2.02.